The highest BCUT2D eigenvalue weighted by atomic mass is 32.2. The molecule has 0 fully saturated rings. The molecule has 0 atom stereocenters. The highest BCUT2D eigenvalue weighted by Crippen LogP contribution is 2.24. The van der Waals surface area contributed by atoms with Crippen molar-refractivity contribution >= 4 is 9.84 Å². The van der Waals surface area contributed by atoms with Crippen LogP contribution in [0.5, 0.6) is 0 Å². The fourth-order valence-electron chi connectivity index (χ4n) is 2.77. The Morgan fingerprint density at radius 3 is 2.32 bits per heavy atom. The van der Waals surface area contributed by atoms with Gasteiger partial charge >= 0.3 is 0 Å². The van der Waals surface area contributed by atoms with Crippen LogP contribution in [-0.2, 0) is 9.84 Å². The number of benzene rings is 2. The number of pyridine rings is 1. The lowest BCUT2D eigenvalue weighted by Gasteiger charge is -2.07. The standard InChI is InChI=1S/C23H21NO3S/c1-17-6-7-21(16-20(17)8-11-22-5-3-4-18(2)24-22)19-9-12-23(13-10-19)28(26,27)15-14-25/h3-7,9-10,12-13,16,25H,14-15H2,1-2H3. The quantitative estimate of drug-likeness (QED) is 0.691. The normalized spacial score (nSPS) is 11.0. The van der Waals surface area contributed by atoms with E-state index in [9.17, 15) is 8.42 Å². The zero-order valence-electron chi connectivity index (χ0n) is 15.8. The molecule has 0 aliphatic heterocycles. The van der Waals surface area contributed by atoms with Crippen molar-refractivity contribution in [2.75, 3.05) is 12.4 Å². The average Bonchev–Trinajstić information content (AvgIpc) is 2.67. The maximum absolute atomic E-state index is 12.0. The van der Waals surface area contributed by atoms with Crippen LogP contribution in [0.1, 0.15) is 22.5 Å². The predicted molar refractivity (Wildman–Crippen MR) is 111 cm³/mol. The van der Waals surface area contributed by atoms with Gasteiger partial charge in [-0.1, -0.05) is 36.3 Å². The largest absolute Gasteiger partial charge is 0.395 e. The topological polar surface area (TPSA) is 67.3 Å². The van der Waals surface area contributed by atoms with Crippen LogP contribution in [-0.4, -0.2) is 30.9 Å². The molecular weight excluding hydrogens is 370 g/mol. The van der Waals surface area contributed by atoms with Gasteiger partial charge in [0.15, 0.2) is 9.84 Å². The van der Waals surface area contributed by atoms with E-state index in [4.69, 9.17) is 5.11 Å². The number of rotatable bonds is 4. The summed E-state index contributed by atoms with van der Waals surface area (Å²) in [5, 5.41) is 8.90. The average molecular weight is 391 g/mol. The summed E-state index contributed by atoms with van der Waals surface area (Å²) < 4.78 is 24.1. The predicted octanol–water partition coefficient (Wildman–Crippen LogP) is 3.53. The number of aliphatic hydroxyl groups is 1. The second kappa shape index (κ2) is 8.39. The number of hydrogen-bond acceptors (Lipinski definition) is 4. The van der Waals surface area contributed by atoms with E-state index in [1.807, 2.05) is 50.2 Å². The third kappa shape index (κ3) is 4.66. The second-order valence-electron chi connectivity index (χ2n) is 6.51. The fourth-order valence-corrected chi connectivity index (χ4v) is 3.80. The van der Waals surface area contributed by atoms with Crippen molar-refractivity contribution in [1.82, 2.24) is 4.98 Å². The number of aliphatic hydroxyl groups excluding tert-OH is 1. The van der Waals surface area contributed by atoms with Crippen molar-refractivity contribution < 1.29 is 13.5 Å². The summed E-state index contributed by atoms with van der Waals surface area (Å²) in [5.74, 6) is 6.01. The first kappa shape index (κ1) is 19.8. The lowest BCUT2D eigenvalue weighted by atomic mass is 10.00. The van der Waals surface area contributed by atoms with Gasteiger partial charge in [0, 0.05) is 11.3 Å². The molecule has 28 heavy (non-hydrogen) atoms. The van der Waals surface area contributed by atoms with Crippen LogP contribution >= 0.6 is 0 Å². The Kier molecular flexibility index (Phi) is 5.93. The zero-order valence-corrected chi connectivity index (χ0v) is 16.6. The minimum absolute atomic E-state index is 0.211. The monoisotopic (exact) mass is 391 g/mol. The van der Waals surface area contributed by atoms with Crippen LogP contribution in [0.3, 0.4) is 0 Å². The molecule has 3 aromatic rings. The van der Waals surface area contributed by atoms with Crippen molar-refractivity contribution in [3.8, 4) is 23.0 Å². The molecule has 3 rings (SSSR count). The molecular formula is C23H21NO3S. The Morgan fingerprint density at radius 2 is 1.64 bits per heavy atom. The number of aryl methyl sites for hydroxylation is 2. The molecule has 1 heterocycles. The summed E-state index contributed by atoms with van der Waals surface area (Å²) in [7, 11) is -3.45. The Balaban J connectivity index is 1.92. The van der Waals surface area contributed by atoms with Gasteiger partial charge in [-0.25, -0.2) is 13.4 Å². The first-order chi connectivity index (χ1) is 13.4. The summed E-state index contributed by atoms with van der Waals surface area (Å²) in [4.78, 5) is 4.61. The van der Waals surface area contributed by atoms with E-state index < -0.39 is 9.84 Å². The summed E-state index contributed by atoms with van der Waals surface area (Å²) in [6, 6.07) is 18.4. The Hall–Kier alpha value is -2.94. The van der Waals surface area contributed by atoms with E-state index in [2.05, 4.69) is 16.8 Å². The number of hydrogen-bond donors (Lipinski definition) is 1. The summed E-state index contributed by atoms with van der Waals surface area (Å²) >= 11 is 0. The van der Waals surface area contributed by atoms with Crippen molar-refractivity contribution in [3.05, 3.63) is 83.2 Å². The van der Waals surface area contributed by atoms with Crippen LogP contribution in [0.2, 0.25) is 0 Å². The molecule has 0 saturated heterocycles. The van der Waals surface area contributed by atoms with Crippen LogP contribution in [0.4, 0.5) is 0 Å². The molecule has 5 heteroatoms. The first-order valence-corrected chi connectivity index (χ1v) is 10.5. The molecule has 0 unspecified atom stereocenters. The van der Waals surface area contributed by atoms with Crippen LogP contribution in [0.15, 0.2) is 65.6 Å². The maximum atomic E-state index is 12.0. The van der Waals surface area contributed by atoms with Crippen molar-refractivity contribution in [1.29, 1.82) is 0 Å². The molecule has 4 nitrogen and oxygen atoms in total. The van der Waals surface area contributed by atoms with Gasteiger partial charge < -0.3 is 5.11 Å². The zero-order chi connectivity index (χ0) is 20.1. The van der Waals surface area contributed by atoms with Gasteiger partial charge in [0.2, 0.25) is 0 Å². The highest BCUT2D eigenvalue weighted by molar-refractivity contribution is 7.91. The van der Waals surface area contributed by atoms with E-state index in [1.165, 1.54) is 0 Å². The van der Waals surface area contributed by atoms with Gasteiger partial charge in [0.1, 0.15) is 5.69 Å². The van der Waals surface area contributed by atoms with Gasteiger partial charge in [0.25, 0.3) is 0 Å². The van der Waals surface area contributed by atoms with Crippen molar-refractivity contribution in [3.63, 3.8) is 0 Å². The summed E-state index contributed by atoms with van der Waals surface area (Å²) in [6.45, 7) is 3.55. The molecule has 0 spiro atoms. The minimum atomic E-state index is -3.45. The Morgan fingerprint density at radius 1 is 0.929 bits per heavy atom. The highest BCUT2D eigenvalue weighted by Gasteiger charge is 2.13. The fraction of sp³-hybridized carbons (Fsp3) is 0.174. The lowest BCUT2D eigenvalue weighted by Crippen LogP contribution is -2.09. The number of aromatic nitrogens is 1. The molecule has 142 valence electrons. The van der Waals surface area contributed by atoms with Crippen molar-refractivity contribution in [2.45, 2.75) is 18.7 Å². The van der Waals surface area contributed by atoms with E-state index in [0.717, 1.165) is 33.6 Å². The third-order valence-corrected chi connectivity index (χ3v) is 6.07. The Bertz CT molecular complexity index is 1150. The van der Waals surface area contributed by atoms with Gasteiger partial charge in [-0.15, -0.1) is 0 Å². The van der Waals surface area contributed by atoms with E-state index in [1.54, 1.807) is 24.3 Å². The number of nitrogens with zero attached hydrogens (tertiary/aromatic N) is 1. The van der Waals surface area contributed by atoms with E-state index in [0.29, 0.717) is 0 Å². The number of sulfone groups is 1. The smallest absolute Gasteiger partial charge is 0.180 e. The second-order valence-corrected chi connectivity index (χ2v) is 8.62. The van der Waals surface area contributed by atoms with E-state index >= 15 is 0 Å². The first-order valence-electron chi connectivity index (χ1n) is 8.89. The lowest BCUT2D eigenvalue weighted by molar-refractivity contribution is 0.319. The third-order valence-electron chi connectivity index (χ3n) is 4.36. The molecule has 2 aromatic carbocycles. The van der Waals surface area contributed by atoms with Crippen molar-refractivity contribution in [2.24, 2.45) is 0 Å². The molecule has 0 radical (unpaired) electrons. The molecule has 0 bridgehead atoms. The molecule has 0 aliphatic rings. The Labute approximate surface area is 165 Å². The van der Waals surface area contributed by atoms with E-state index in [-0.39, 0.29) is 17.3 Å². The molecule has 0 aliphatic carbocycles. The van der Waals surface area contributed by atoms with Gasteiger partial charge in [-0.05, 0) is 66.8 Å². The van der Waals surface area contributed by atoms with Gasteiger partial charge in [0.05, 0.1) is 17.3 Å². The van der Waals surface area contributed by atoms with Gasteiger partial charge in [-0.2, -0.15) is 0 Å². The minimum Gasteiger partial charge on any atom is -0.395 e. The molecule has 0 amide bonds. The maximum Gasteiger partial charge on any atom is 0.180 e. The van der Waals surface area contributed by atoms with Crippen LogP contribution in [0.25, 0.3) is 11.1 Å². The summed E-state index contributed by atoms with van der Waals surface area (Å²) in [6.07, 6.45) is 0. The summed E-state index contributed by atoms with van der Waals surface area (Å²) in [5.41, 5.74) is 5.47. The molecule has 1 N–H and O–H groups in total. The van der Waals surface area contributed by atoms with Gasteiger partial charge in [-0.3, -0.25) is 0 Å². The SMILES string of the molecule is Cc1cccc(C#Cc2cc(-c3ccc(S(=O)(=O)CCO)cc3)ccc2C)n1. The molecule has 1 aromatic heterocycles. The van der Waals surface area contributed by atoms with Crippen LogP contribution in [0, 0.1) is 25.7 Å². The van der Waals surface area contributed by atoms with Crippen LogP contribution < -0.4 is 0 Å². The molecule has 0 saturated carbocycles.